The molecule has 4 heteroatoms. The molecule has 0 heterocycles. The van der Waals surface area contributed by atoms with Crippen molar-refractivity contribution in [1.82, 2.24) is 0 Å². The summed E-state index contributed by atoms with van der Waals surface area (Å²) in [4.78, 5) is 0.318. The maximum Gasteiger partial charge on any atom is 0.238 e. The Hall–Kier alpha value is -0.870. The Kier molecular flexibility index (Phi) is 10.4. The van der Waals surface area contributed by atoms with Crippen LogP contribution in [-0.4, -0.2) is 8.42 Å². The fourth-order valence-corrected chi connectivity index (χ4v) is 4.57. The van der Waals surface area contributed by atoms with Crippen LogP contribution in [0.5, 0.6) is 0 Å². The first kappa shape index (κ1) is 22.2. The van der Waals surface area contributed by atoms with Crippen molar-refractivity contribution in [2.75, 3.05) is 0 Å². The Morgan fingerprint density at radius 2 is 1.44 bits per heavy atom. The normalized spacial score (nSPS) is 13.1. The molecule has 0 spiro atoms. The van der Waals surface area contributed by atoms with Crippen LogP contribution in [0.3, 0.4) is 0 Å². The molecule has 0 fully saturated rings. The standard InChI is InChI=1S/C21H37NO2S/c1-4-7-9-10-12-15-18(14-11-8-5-2)20-16-13-17-21(19(20)6-3)25(22,23)24/h13,16-18H,4-12,14-15H2,1-3H3,(H2,22,23,24). The van der Waals surface area contributed by atoms with Crippen LogP contribution in [-0.2, 0) is 16.4 Å². The second kappa shape index (κ2) is 11.7. The van der Waals surface area contributed by atoms with E-state index in [-0.39, 0.29) is 0 Å². The van der Waals surface area contributed by atoms with Gasteiger partial charge in [0.2, 0.25) is 10.0 Å². The summed E-state index contributed by atoms with van der Waals surface area (Å²) in [5.41, 5.74) is 2.14. The van der Waals surface area contributed by atoms with E-state index in [1.54, 1.807) is 6.07 Å². The van der Waals surface area contributed by atoms with Crippen LogP contribution in [0.25, 0.3) is 0 Å². The predicted octanol–water partition coefficient (Wildman–Crippen LogP) is 5.92. The molecule has 1 unspecified atom stereocenters. The highest BCUT2D eigenvalue weighted by Gasteiger charge is 2.20. The molecule has 0 radical (unpaired) electrons. The van der Waals surface area contributed by atoms with E-state index in [1.807, 2.05) is 13.0 Å². The lowest BCUT2D eigenvalue weighted by molar-refractivity contribution is 0.494. The Morgan fingerprint density at radius 3 is 2.00 bits per heavy atom. The van der Waals surface area contributed by atoms with E-state index in [0.29, 0.717) is 17.2 Å². The molecule has 0 aliphatic heterocycles. The Labute approximate surface area is 155 Å². The molecule has 1 atom stereocenters. The summed E-state index contributed by atoms with van der Waals surface area (Å²) >= 11 is 0. The van der Waals surface area contributed by atoms with Crippen molar-refractivity contribution in [3.63, 3.8) is 0 Å². The second-order valence-electron chi connectivity index (χ2n) is 7.12. The first-order valence-corrected chi connectivity index (χ1v) is 11.6. The zero-order chi connectivity index (χ0) is 18.7. The molecule has 1 rings (SSSR count). The van der Waals surface area contributed by atoms with Gasteiger partial charge in [-0.2, -0.15) is 0 Å². The predicted molar refractivity (Wildman–Crippen MR) is 107 cm³/mol. The minimum absolute atomic E-state index is 0.318. The molecule has 144 valence electrons. The first-order valence-electron chi connectivity index (χ1n) is 10.1. The summed E-state index contributed by atoms with van der Waals surface area (Å²) in [7, 11) is -3.66. The van der Waals surface area contributed by atoms with Gasteiger partial charge in [0.05, 0.1) is 4.90 Å². The van der Waals surface area contributed by atoms with E-state index in [2.05, 4.69) is 19.9 Å². The van der Waals surface area contributed by atoms with Gasteiger partial charge in [0.25, 0.3) is 0 Å². The van der Waals surface area contributed by atoms with Gasteiger partial charge in [-0.3, -0.25) is 0 Å². The van der Waals surface area contributed by atoms with Gasteiger partial charge < -0.3 is 0 Å². The van der Waals surface area contributed by atoms with Crippen molar-refractivity contribution in [2.45, 2.75) is 102 Å². The average molecular weight is 368 g/mol. The van der Waals surface area contributed by atoms with Gasteiger partial charge in [-0.05, 0) is 42.4 Å². The number of unbranched alkanes of at least 4 members (excludes halogenated alkanes) is 6. The van der Waals surface area contributed by atoms with Crippen molar-refractivity contribution in [3.05, 3.63) is 29.3 Å². The molecule has 0 aromatic heterocycles. The quantitative estimate of drug-likeness (QED) is 0.440. The minimum atomic E-state index is -3.66. The van der Waals surface area contributed by atoms with E-state index >= 15 is 0 Å². The van der Waals surface area contributed by atoms with Crippen LogP contribution in [0.2, 0.25) is 0 Å². The second-order valence-corrected chi connectivity index (χ2v) is 8.65. The molecule has 1 aromatic rings. The smallest absolute Gasteiger partial charge is 0.225 e. The number of hydrogen-bond donors (Lipinski definition) is 1. The number of sulfonamides is 1. The summed E-state index contributed by atoms with van der Waals surface area (Å²) in [6.45, 7) is 6.48. The van der Waals surface area contributed by atoms with Crippen molar-refractivity contribution >= 4 is 10.0 Å². The Morgan fingerprint density at radius 1 is 0.880 bits per heavy atom. The van der Waals surface area contributed by atoms with Gasteiger partial charge in [0.1, 0.15) is 0 Å². The third-order valence-electron chi connectivity index (χ3n) is 5.08. The fourth-order valence-electron chi connectivity index (χ4n) is 3.70. The van der Waals surface area contributed by atoms with Crippen LogP contribution in [0.1, 0.15) is 102 Å². The van der Waals surface area contributed by atoms with Crippen molar-refractivity contribution in [2.24, 2.45) is 5.14 Å². The molecular formula is C21H37NO2S. The molecular weight excluding hydrogens is 330 g/mol. The minimum Gasteiger partial charge on any atom is -0.225 e. The molecule has 0 saturated heterocycles. The Balaban J connectivity index is 2.99. The molecule has 1 aromatic carbocycles. The monoisotopic (exact) mass is 367 g/mol. The van der Waals surface area contributed by atoms with Gasteiger partial charge in [-0.25, -0.2) is 13.6 Å². The maximum atomic E-state index is 12.0. The number of hydrogen-bond acceptors (Lipinski definition) is 2. The van der Waals surface area contributed by atoms with Crippen LogP contribution < -0.4 is 5.14 Å². The van der Waals surface area contributed by atoms with Crippen molar-refractivity contribution < 1.29 is 8.42 Å². The van der Waals surface area contributed by atoms with Crippen LogP contribution in [0, 0.1) is 0 Å². The van der Waals surface area contributed by atoms with Gasteiger partial charge in [-0.1, -0.05) is 84.3 Å². The van der Waals surface area contributed by atoms with E-state index in [1.165, 1.54) is 56.9 Å². The van der Waals surface area contributed by atoms with Gasteiger partial charge in [0.15, 0.2) is 0 Å². The molecule has 0 aliphatic carbocycles. The summed E-state index contributed by atoms with van der Waals surface area (Å²) in [6, 6.07) is 5.64. The highest BCUT2D eigenvalue weighted by molar-refractivity contribution is 7.89. The van der Waals surface area contributed by atoms with Crippen molar-refractivity contribution in [1.29, 1.82) is 0 Å². The number of rotatable bonds is 13. The number of primary sulfonamides is 1. The van der Waals surface area contributed by atoms with E-state index < -0.39 is 10.0 Å². The first-order chi connectivity index (χ1) is 12.0. The average Bonchev–Trinajstić information content (AvgIpc) is 2.58. The molecule has 0 aliphatic rings. The highest BCUT2D eigenvalue weighted by Crippen LogP contribution is 2.33. The molecule has 0 amide bonds. The zero-order valence-electron chi connectivity index (χ0n) is 16.4. The molecule has 3 nitrogen and oxygen atoms in total. The van der Waals surface area contributed by atoms with E-state index in [9.17, 15) is 8.42 Å². The largest absolute Gasteiger partial charge is 0.238 e. The fraction of sp³-hybridized carbons (Fsp3) is 0.714. The highest BCUT2D eigenvalue weighted by atomic mass is 32.2. The SMILES string of the molecule is CCCCCCCC(CCCCC)c1cccc(S(N)(=O)=O)c1CC. The third kappa shape index (κ3) is 7.49. The third-order valence-corrected chi connectivity index (χ3v) is 6.08. The topological polar surface area (TPSA) is 60.2 Å². The van der Waals surface area contributed by atoms with E-state index in [4.69, 9.17) is 5.14 Å². The number of benzene rings is 1. The van der Waals surface area contributed by atoms with Crippen LogP contribution in [0.4, 0.5) is 0 Å². The van der Waals surface area contributed by atoms with Crippen LogP contribution >= 0.6 is 0 Å². The van der Waals surface area contributed by atoms with Crippen molar-refractivity contribution in [3.8, 4) is 0 Å². The molecule has 0 bridgehead atoms. The molecule has 0 saturated carbocycles. The Bertz CT molecular complexity index is 596. The summed E-state index contributed by atoms with van der Waals surface area (Å²) in [6.07, 6.45) is 13.0. The van der Waals surface area contributed by atoms with Crippen LogP contribution in [0.15, 0.2) is 23.1 Å². The van der Waals surface area contributed by atoms with E-state index in [0.717, 1.165) is 18.4 Å². The van der Waals surface area contributed by atoms with Gasteiger partial charge in [0, 0.05) is 0 Å². The lowest BCUT2D eigenvalue weighted by Crippen LogP contribution is -2.16. The maximum absolute atomic E-state index is 12.0. The summed E-state index contributed by atoms with van der Waals surface area (Å²) in [5.74, 6) is 0.449. The lowest BCUT2D eigenvalue weighted by atomic mass is 9.85. The lowest BCUT2D eigenvalue weighted by Gasteiger charge is -2.22. The molecule has 25 heavy (non-hydrogen) atoms. The summed E-state index contributed by atoms with van der Waals surface area (Å²) < 4.78 is 23.9. The summed E-state index contributed by atoms with van der Waals surface area (Å²) in [5, 5.41) is 5.45. The molecule has 2 N–H and O–H groups in total. The van der Waals surface area contributed by atoms with Gasteiger partial charge in [-0.15, -0.1) is 0 Å². The number of nitrogens with two attached hydrogens (primary N) is 1. The van der Waals surface area contributed by atoms with Gasteiger partial charge >= 0.3 is 0 Å². The zero-order valence-corrected chi connectivity index (χ0v) is 17.2.